The minimum Gasteiger partial charge on any atom is -0.457 e. The summed E-state index contributed by atoms with van der Waals surface area (Å²) >= 11 is 5.95. The molecule has 1 heterocycles. The van der Waals surface area contributed by atoms with Crippen molar-refractivity contribution in [2.45, 2.75) is 20.8 Å². The van der Waals surface area contributed by atoms with E-state index in [9.17, 15) is 0 Å². The molecule has 2 nitrogen and oxygen atoms in total. The van der Waals surface area contributed by atoms with Crippen molar-refractivity contribution in [3.63, 3.8) is 0 Å². The topological polar surface area (TPSA) is 22.1 Å². The Labute approximate surface area is 106 Å². The first-order valence-corrected chi connectivity index (χ1v) is 5.82. The smallest absolute Gasteiger partial charge is 0.135 e. The molecule has 0 bridgehead atoms. The Bertz CT molecular complexity index is 552. The fraction of sp³-hybridized carbons (Fsp3) is 0.214. The van der Waals surface area contributed by atoms with E-state index in [0.29, 0.717) is 5.15 Å². The van der Waals surface area contributed by atoms with Crippen molar-refractivity contribution in [2.75, 3.05) is 0 Å². The third kappa shape index (κ3) is 2.59. The molecule has 0 fully saturated rings. The van der Waals surface area contributed by atoms with Crippen LogP contribution in [-0.2, 0) is 0 Å². The van der Waals surface area contributed by atoms with Crippen LogP contribution in [0.4, 0.5) is 0 Å². The van der Waals surface area contributed by atoms with Gasteiger partial charge in [-0.2, -0.15) is 0 Å². The molecule has 0 aliphatic heterocycles. The van der Waals surface area contributed by atoms with E-state index in [1.807, 2.05) is 31.2 Å². The van der Waals surface area contributed by atoms with Gasteiger partial charge in [0.05, 0.1) is 0 Å². The lowest BCUT2D eigenvalue weighted by atomic mass is 10.1. The Morgan fingerprint density at radius 1 is 1.06 bits per heavy atom. The maximum Gasteiger partial charge on any atom is 0.135 e. The van der Waals surface area contributed by atoms with Gasteiger partial charge in [0.25, 0.3) is 0 Å². The van der Waals surface area contributed by atoms with E-state index < -0.39 is 0 Å². The molecule has 0 N–H and O–H groups in total. The molecule has 17 heavy (non-hydrogen) atoms. The van der Waals surface area contributed by atoms with Crippen molar-refractivity contribution in [1.29, 1.82) is 0 Å². The standard InChI is InChI=1S/C14H14ClNO/c1-9-4-5-12(8-10(9)2)17-13-6-7-16-14(15)11(13)3/h4-8H,1-3H3. The number of pyridine rings is 1. The van der Waals surface area contributed by atoms with Crippen molar-refractivity contribution in [3.05, 3.63) is 52.3 Å². The van der Waals surface area contributed by atoms with Crippen LogP contribution in [0.5, 0.6) is 11.5 Å². The molecular weight excluding hydrogens is 234 g/mol. The van der Waals surface area contributed by atoms with E-state index >= 15 is 0 Å². The summed E-state index contributed by atoms with van der Waals surface area (Å²) in [4.78, 5) is 4.00. The van der Waals surface area contributed by atoms with E-state index in [1.54, 1.807) is 6.20 Å². The Morgan fingerprint density at radius 3 is 2.53 bits per heavy atom. The minimum atomic E-state index is 0.478. The van der Waals surface area contributed by atoms with Crippen LogP contribution in [0.2, 0.25) is 5.15 Å². The second-order valence-corrected chi connectivity index (χ2v) is 4.43. The van der Waals surface area contributed by atoms with E-state index in [0.717, 1.165) is 17.1 Å². The molecule has 0 amide bonds. The Morgan fingerprint density at radius 2 is 1.82 bits per heavy atom. The minimum absolute atomic E-state index is 0.478. The Hall–Kier alpha value is -1.54. The highest BCUT2D eigenvalue weighted by molar-refractivity contribution is 6.30. The molecule has 0 aliphatic rings. The SMILES string of the molecule is Cc1ccc(Oc2ccnc(Cl)c2C)cc1C. The number of benzene rings is 1. The monoisotopic (exact) mass is 247 g/mol. The molecule has 0 radical (unpaired) electrons. The van der Waals surface area contributed by atoms with Gasteiger partial charge in [0.15, 0.2) is 0 Å². The first kappa shape index (κ1) is 11.9. The molecule has 88 valence electrons. The molecule has 1 aromatic carbocycles. The van der Waals surface area contributed by atoms with E-state index in [-0.39, 0.29) is 0 Å². The lowest BCUT2D eigenvalue weighted by molar-refractivity contribution is 0.477. The van der Waals surface area contributed by atoms with Gasteiger partial charge in [-0.1, -0.05) is 17.7 Å². The zero-order valence-electron chi connectivity index (χ0n) is 10.1. The first-order valence-electron chi connectivity index (χ1n) is 5.44. The van der Waals surface area contributed by atoms with Crippen LogP contribution in [0.25, 0.3) is 0 Å². The number of rotatable bonds is 2. The number of aryl methyl sites for hydroxylation is 2. The van der Waals surface area contributed by atoms with E-state index in [2.05, 4.69) is 18.8 Å². The predicted octanol–water partition coefficient (Wildman–Crippen LogP) is 4.45. The molecule has 2 aromatic rings. The number of hydrogen-bond acceptors (Lipinski definition) is 2. The van der Waals surface area contributed by atoms with Crippen molar-refractivity contribution in [2.24, 2.45) is 0 Å². The fourth-order valence-corrected chi connectivity index (χ4v) is 1.66. The lowest BCUT2D eigenvalue weighted by Crippen LogP contribution is -1.91. The normalized spacial score (nSPS) is 10.4. The summed E-state index contributed by atoms with van der Waals surface area (Å²) in [5.41, 5.74) is 3.31. The second kappa shape index (κ2) is 4.76. The van der Waals surface area contributed by atoms with Crippen LogP contribution in [0.15, 0.2) is 30.5 Å². The lowest BCUT2D eigenvalue weighted by Gasteiger charge is -2.10. The Kier molecular flexibility index (Phi) is 3.34. The second-order valence-electron chi connectivity index (χ2n) is 4.07. The van der Waals surface area contributed by atoms with E-state index in [1.165, 1.54) is 11.1 Å². The molecule has 1 aromatic heterocycles. The highest BCUT2D eigenvalue weighted by Gasteiger charge is 2.06. The van der Waals surface area contributed by atoms with Crippen molar-refractivity contribution < 1.29 is 4.74 Å². The van der Waals surface area contributed by atoms with Crippen LogP contribution in [0, 0.1) is 20.8 Å². The molecule has 2 rings (SSSR count). The molecule has 0 spiro atoms. The summed E-state index contributed by atoms with van der Waals surface area (Å²) in [6.45, 7) is 6.04. The van der Waals surface area contributed by atoms with Gasteiger partial charge in [-0.3, -0.25) is 0 Å². The molecule has 0 unspecified atom stereocenters. The quantitative estimate of drug-likeness (QED) is 0.732. The van der Waals surface area contributed by atoms with Crippen molar-refractivity contribution in [3.8, 4) is 11.5 Å². The maximum absolute atomic E-state index is 5.95. The van der Waals surface area contributed by atoms with Gasteiger partial charge in [0.1, 0.15) is 16.7 Å². The highest BCUT2D eigenvalue weighted by atomic mass is 35.5. The number of hydrogen-bond donors (Lipinski definition) is 0. The van der Waals surface area contributed by atoms with Gasteiger partial charge < -0.3 is 4.74 Å². The van der Waals surface area contributed by atoms with Gasteiger partial charge in [0, 0.05) is 11.8 Å². The average molecular weight is 248 g/mol. The van der Waals surface area contributed by atoms with Gasteiger partial charge >= 0.3 is 0 Å². The molecule has 0 saturated heterocycles. The third-order valence-electron chi connectivity index (χ3n) is 2.80. The van der Waals surface area contributed by atoms with Crippen molar-refractivity contribution >= 4 is 11.6 Å². The first-order chi connectivity index (χ1) is 8.08. The van der Waals surface area contributed by atoms with Crippen LogP contribution in [-0.4, -0.2) is 4.98 Å². The van der Waals surface area contributed by atoms with Crippen LogP contribution < -0.4 is 4.74 Å². The molecule has 3 heteroatoms. The summed E-state index contributed by atoms with van der Waals surface area (Å²) in [6, 6.07) is 7.83. The van der Waals surface area contributed by atoms with Gasteiger partial charge in [-0.05, 0) is 50.1 Å². The molecule has 0 saturated carbocycles. The van der Waals surface area contributed by atoms with Gasteiger partial charge in [-0.25, -0.2) is 4.98 Å². The third-order valence-corrected chi connectivity index (χ3v) is 3.18. The number of ether oxygens (including phenoxy) is 1. The highest BCUT2D eigenvalue weighted by Crippen LogP contribution is 2.28. The van der Waals surface area contributed by atoms with Gasteiger partial charge in [0.2, 0.25) is 0 Å². The molecular formula is C14H14ClNO. The zero-order chi connectivity index (χ0) is 12.4. The summed E-state index contributed by atoms with van der Waals surface area (Å²) < 4.78 is 5.80. The number of aromatic nitrogens is 1. The summed E-state index contributed by atoms with van der Waals surface area (Å²) in [5.74, 6) is 1.56. The Balaban J connectivity index is 2.31. The molecule has 0 aliphatic carbocycles. The van der Waals surface area contributed by atoms with Crippen LogP contribution >= 0.6 is 11.6 Å². The van der Waals surface area contributed by atoms with Crippen LogP contribution in [0.3, 0.4) is 0 Å². The number of halogens is 1. The van der Waals surface area contributed by atoms with Crippen LogP contribution in [0.1, 0.15) is 16.7 Å². The van der Waals surface area contributed by atoms with Gasteiger partial charge in [-0.15, -0.1) is 0 Å². The van der Waals surface area contributed by atoms with Crippen molar-refractivity contribution in [1.82, 2.24) is 4.98 Å². The molecule has 0 atom stereocenters. The van der Waals surface area contributed by atoms with E-state index in [4.69, 9.17) is 16.3 Å². The summed E-state index contributed by atoms with van der Waals surface area (Å²) in [5, 5.41) is 0.478. The average Bonchev–Trinajstić information content (AvgIpc) is 2.30. The predicted molar refractivity (Wildman–Crippen MR) is 70.0 cm³/mol. The number of nitrogens with zero attached hydrogens (tertiary/aromatic N) is 1. The summed E-state index contributed by atoms with van der Waals surface area (Å²) in [6.07, 6.45) is 1.64. The summed E-state index contributed by atoms with van der Waals surface area (Å²) in [7, 11) is 0. The fourth-order valence-electron chi connectivity index (χ4n) is 1.51. The zero-order valence-corrected chi connectivity index (χ0v) is 10.9. The largest absolute Gasteiger partial charge is 0.457 e. The maximum atomic E-state index is 5.95.